The number of carbonyl (C=O) groups is 2. The zero-order chi connectivity index (χ0) is 21.7. The predicted molar refractivity (Wildman–Crippen MR) is 107 cm³/mol. The smallest absolute Gasteiger partial charge is 0.310 e. The first kappa shape index (κ1) is 21.6. The Hall–Kier alpha value is -3.11. The highest BCUT2D eigenvalue weighted by Crippen LogP contribution is 2.21. The van der Waals surface area contributed by atoms with Gasteiger partial charge in [-0.1, -0.05) is 0 Å². The van der Waals surface area contributed by atoms with Gasteiger partial charge in [0.25, 0.3) is 0 Å². The largest absolute Gasteiger partial charge is 0.469 e. The molecule has 0 amide bonds. The second-order valence-electron chi connectivity index (χ2n) is 6.61. The SMILES string of the molecule is COC(=O)Cc1cn(C[C@@H](CC=O)NS(=O)(=O)c2ccc(F)cc2)c2ncccc12. The summed E-state index contributed by atoms with van der Waals surface area (Å²) in [6, 6.07) is 7.15. The molecule has 1 atom stereocenters. The van der Waals surface area contributed by atoms with Crippen molar-refractivity contribution in [3.8, 4) is 0 Å². The number of aromatic nitrogens is 2. The maximum atomic E-state index is 13.1. The number of hydrogen-bond acceptors (Lipinski definition) is 6. The predicted octanol–water partition coefficient (Wildman–Crippen LogP) is 1.83. The van der Waals surface area contributed by atoms with Gasteiger partial charge in [-0.15, -0.1) is 0 Å². The molecule has 2 aromatic heterocycles. The molecule has 0 radical (unpaired) electrons. The summed E-state index contributed by atoms with van der Waals surface area (Å²) in [5.41, 5.74) is 1.23. The average Bonchev–Trinajstić information content (AvgIpc) is 3.05. The molecule has 0 aliphatic carbocycles. The maximum absolute atomic E-state index is 13.1. The van der Waals surface area contributed by atoms with Gasteiger partial charge in [0, 0.05) is 36.8 Å². The number of carbonyl (C=O) groups excluding carboxylic acids is 2. The third-order valence-corrected chi connectivity index (χ3v) is 6.06. The fourth-order valence-corrected chi connectivity index (χ4v) is 4.36. The molecule has 30 heavy (non-hydrogen) atoms. The van der Waals surface area contributed by atoms with Crippen LogP contribution in [-0.4, -0.2) is 43.4 Å². The minimum Gasteiger partial charge on any atom is -0.469 e. The lowest BCUT2D eigenvalue weighted by Crippen LogP contribution is -2.38. The van der Waals surface area contributed by atoms with Crippen LogP contribution in [0.25, 0.3) is 11.0 Å². The van der Waals surface area contributed by atoms with Gasteiger partial charge >= 0.3 is 5.97 Å². The highest BCUT2D eigenvalue weighted by Gasteiger charge is 2.22. The second kappa shape index (κ2) is 9.14. The summed E-state index contributed by atoms with van der Waals surface area (Å²) in [6.07, 6.45) is 3.84. The number of hydrogen-bond donors (Lipinski definition) is 1. The molecule has 1 aromatic carbocycles. The number of aldehydes is 1. The first-order valence-electron chi connectivity index (χ1n) is 9.05. The van der Waals surface area contributed by atoms with Crippen LogP contribution in [0.15, 0.2) is 53.7 Å². The number of benzene rings is 1. The van der Waals surface area contributed by atoms with Crippen molar-refractivity contribution in [2.24, 2.45) is 0 Å². The van der Waals surface area contributed by atoms with Gasteiger partial charge in [0.2, 0.25) is 10.0 Å². The molecule has 2 heterocycles. The maximum Gasteiger partial charge on any atom is 0.310 e. The van der Waals surface area contributed by atoms with Crippen LogP contribution in [0.1, 0.15) is 12.0 Å². The van der Waals surface area contributed by atoms with E-state index in [9.17, 15) is 22.4 Å². The number of ether oxygens (including phenoxy) is 1. The van der Waals surface area contributed by atoms with Crippen LogP contribution in [0.3, 0.4) is 0 Å². The van der Waals surface area contributed by atoms with E-state index >= 15 is 0 Å². The Balaban J connectivity index is 1.89. The molecule has 0 aliphatic heterocycles. The van der Waals surface area contributed by atoms with Gasteiger partial charge in [0.15, 0.2) is 0 Å². The van der Waals surface area contributed by atoms with E-state index in [1.165, 1.54) is 7.11 Å². The van der Waals surface area contributed by atoms with Crippen LogP contribution < -0.4 is 4.72 Å². The molecule has 0 saturated carbocycles. The molecule has 158 valence electrons. The molecule has 0 aliphatic rings. The number of pyridine rings is 1. The summed E-state index contributed by atoms with van der Waals surface area (Å²) in [6.45, 7) is 0.105. The Morgan fingerprint density at radius 2 is 2.03 bits per heavy atom. The Kier molecular flexibility index (Phi) is 6.58. The van der Waals surface area contributed by atoms with Gasteiger partial charge in [-0.25, -0.2) is 22.5 Å². The van der Waals surface area contributed by atoms with Gasteiger partial charge in [0.05, 0.1) is 18.4 Å². The quantitative estimate of drug-likeness (QED) is 0.408. The fourth-order valence-electron chi connectivity index (χ4n) is 3.12. The van der Waals surface area contributed by atoms with Crippen LogP contribution in [0.4, 0.5) is 4.39 Å². The standard InChI is InChI=1S/C20H20FN3O5S/c1-29-19(26)11-14-12-24(20-18(14)3-2-9-22-20)13-16(8-10-25)23-30(27,28)17-6-4-15(21)5-7-17/h2-7,9-10,12,16,23H,8,11,13H2,1H3/t16-/m1/s1. The summed E-state index contributed by atoms with van der Waals surface area (Å²) in [5.74, 6) is -0.972. The topological polar surface area (TPSA) is 107 Å². The van der Waals surface area contributed by atoms with Crippen LogP contribution >= 0.6 is 0 Å². The normalized spacial score (nSPS) is 12.6. The lowest BCUT2D eigenvalue weighted by molar-refractivity contribution is -0.139. The molecule has 10 heteroatoms. The van der Waals surface area contributed by atoms with Crippen molar-refractivity contribution >= 4 is 33.3 Å². The van der Waals surface area contributed by atoms with Crippen molar-refractivity contribution in [3.05, 3.63) is 60.2 Å². The first-order chi connectivity index (χ1) is 14.3. The van der Waals surface area contributed by atoms with Crippen molar-refractivity contribution in [2.75, 3.05) is 7.11 Å². The van der Waals surface area contributed by atoms with E-state index in [1.54, 1.807) is 29.1 Å². The minimum absolute atomic E-state index is 0.0331. The molecule has 8 nitrogen and oxygen atoms in total. The third-order valence-electron chi connectivity index (χ3n) is 4.52. The molecule has 3 aromatic rings. The number of sulfonamides is 1. The molecule has 0 unspecified atom stereocenters. The molecule has 0 spiro atoms. The lowest BCUT2D eigenvalue weighted by atomic mass is 10.1. The van der Waals surface area contributed by atoms with Gasteiger partial charge in [0.1, 0.15) is 17.8 Å². The summed E-state index contributed by atoms with van der Waals surface area (Å²) in [4.78, 5) is 27.1. The van der Waals surface area contributed by atoms with Crippen molar-refractivity contribution in [3.63, 3.8) is 0 Å². The van der Waals surface area contributed by atoms with E-state index in [-0.39, 0.29) is 24.3 Å². The van der Waals surface area contributed by atoms with Gasteiger partial charge in [-0.2, -0.15) is 0 Å². The van der Waals surface area contributed by atoms with E-state index in [4.69, 9.17) is 4.74 Å². The van der Waals surface area contributed by atoms with Crippen molar-refractivity contribution in [1.29, 1.82) is 0 Å². The first-order valence-corrected chi connectivity index (χ1v) is 10.5. The van der Waals surface area contributed by atoms with E-state index in [1.807, 2.05) is 0 Å². The highest BCUT2D eigenvalue weighted by molar-refractivity contribution is 7.89. The number of nitrogens with zero attached hydrogens (tertiary/aromatic N) is 2. The van der Waals surface area contributed by atoms with Gasteiger partial charge < -0.3 is 14.1 Å². The highest BCUT2D eigenvalue weighted by atomic mass is 32.2. The minimum atomic E-state index is -3.97. The summed E-state index contributed by atoms with van der Waals surface area (Å²) in [7, 11) is -2.68. The zero-order valence-corrected chi connectivity index (χ0v) is 16.9. The average molecular weight is 433 g/mol. The Bertz CT molecular complexity index is 1160. The van der Waals surface area contributed by atoms with E-state index < -0.39 is 27.9 Å². The second-order valence-corrected chi connectivity index (χ2v) is 8.32. The fraction of sp³-hybridized carbons (Fsp3) is 0.250. The van der Waals surface area contributed by atoms with Crippen LogP contribution in [-0.2, 0) is 37.3 Å². The van der Waals surface area contributed by atoms with Crippen LogP contribution in [0.5, 0.6) is 0 Å². The molecule has 0 bridgehead atoms. The zero-order valence-electron chi connectivity index (χ0n) is 16.1. The van der Waals surface area contributed by atoms with Crippen LogP contribution in [0.2, 0.25) is 0 Å². The number of nitrogens with one attached hydrogen (secondary N) is 1. The van der Waals surface area contributed by atoms with Gasteiger partial charge in [-0.3, -0.25) is 4.79 Å². The molecule has 0 fully saturated rings. The monoisotopic (exact) mass is 433 g/mol. The molecule has 3 rings (SSSR count). The van der Waals surface area contributed by atoms with Crippen LogP contribution in [0, 0.1) is 5.82 Å². The van der Waals surface area contributed by atoms with Gasteiger partial charge in [-0.05, 0) is 42.0 Å². The molecule has 1 N–H and O–H groups in total. The Labute approximate surface area is 172 Å². The van der Waals surface area contributed by atoms with Crippen molar-refractivity contribution < 1.29 is 27.1 Å². The van der Waals surface area contributed by atoms with E-state index in [0.717, 1.165) is 29.7 Å². The summed E-state index contributed by atoms with van der Waals surface area (Å²) >= 11 is 0. The number of methoxy groups -OCH3 is 1. The third kappa shape index (κ3) is 4.89. The molecular weight excluding hydrogens is 413 g/mol. The summed E-state index contributed by atoms with van der Waals surface area (Å²) < 4.78 is 47.3. The number of fused-ring (bicyclic) bond motifs is 1. The molecule has 0 saturated heterocycles. The number of esters is 1. The van der Waals surface area contributed by atoms with E-state index in [2.05, 4.69) is 9.71 Å². The van der Waals surface area contributed by atoms with E-state index in [0.29, 0.717) is 17.5 Å². The summed E-state index contributed by atoms with van der Waals surface area (Å²) in [5, 5.41) is 0.731. The molecular formula is C20H20FN3O5S. The van der Waals surface area contributed by atoms with Crippen molar-refractivity contribution in [2.45, 2.75) is 30.3 Å². The Morgan fingerprint density at radius 1 is 1.30 bits per heavy atom. The Morgan fingerprint density at radius 3 is 2.70 bits per heavy atom. The lowest BCUT2D eigenvalue weighted by Gasteiger charge is -2.18. The number of rotatable bonds is 9. The number of halogens is 1. The van der Waals surface area contributed by atoms with Crippen molar-refractivity contribution in [1.82, 2.24) is 14.3 Å².